The predicted molar refractivity (Wildman–Crippen MR) is 87.8 cm³/mol. The van der Waals surface area contributed by atoms with Crippen LogP contribution in [0.25, 0.3) is 0 Å². The van der Waals surface area contributed by atoms with Gasteiger partial charge in [-0.15, -0.1) is 0 Å². The van der Waals surface area contributed by atoms with E-state index < -0.39 is 18.0 Å². The molecule has 5 heteroatoms. The summed E-state index contributed by atoms with van der Waals surface area (Å²) in [5.41, 5.74) is 1.49. The smallest absolute Gasteiger partial charge is 0.220 e. The van der Waals surface area contributed by atoms with Gasteiger partial charge in [0.15, 0.2) is 0 Å². The molecule has 0 aliphatic heterocycles. The molecule has 126 valence electrons. The van der Waals surface area contributed by atoms with Gasteiger partial charge in [0.1, 0.15) is 0 Å². The molecule has 0 radical (unpaired) electrons. The first kappa shape index (κ1) is 17.7. The predicted octanol–water partition coefficient (Wildman–Crippen LogP) is 1.15. The fourth-order valence-corrected chi connectivity index (χ4v) is 2.53. The first-order valence-corrected chi connectivity index (χ1v) is 7.80. The molecule has 0 heterocycles. The van der Waals surface area contributed by atoms with Crippen LogP contribution in [0.3, 0.4) is 0 Å². The maximum absolute atomic E-state index is 12.1. The maximum atomic E-state index is 12.1. The van der Waals surface area contributed by atoms with Crippen LogP contribution in [0.4, 0.5) is 0 Å². The summed E-state index contributed by atoms with van der Waals surface area (Å²) in [6.07, 6.45) is -0.996. The van der Waals surface area contributed by atoms with Crippen LogP contribution in [-0.2, 0) is 9.59 Å². The summed E-state index contributed by atoms with van der Waals surface area (Å²) in [7, 11) is 0. The van der Waals surface area contributed by atoms with Crippen LogP contribution < -0.4 is 10.4 Å². The Labute approximate surface area is 141 Å². The maximum Gasteiger partial charge on any atom is 0.220 e. The van der Waals surface area contributed by atoms with E-state index in [2.05, 4.69) is 5.32 Å². The van der Waals surface area contributed by atoms with E-state index in [0.29, 0.717) is 5.56 Å². The Bertz CT molecular complexity index is 658. The number of hydrogen-bond acceptors (Lipinski definition) is 4. The van der Waals surface area contributed by atoms with Crippen molar-refractivity contribution in [2.24, 2.45) is 0 Å². The molecule has 2 aromatic carbocycles. The number of aliphatic hydroxyl groups is 1. The van der Waals surface area contributed by atoms with Crippen molar-refractivity contribution in [1.82, 2.24) is 5.32 Å². The third-order valence-electron chi connectivity index (χ3n) is 3.79. The first-order valence-electron chi connectivity index (χ1n) is 7.80. The molecular weight excluding hydrogens is 306 g/mol. The largest absolute Gasteiger partial charge is 0.550 e. The molecule has 0 unspecified atom stereocenters. The molecule has 0 aliphatic carbocycles. The fraction of sp³-hybridized carbons (Fsp3) is 0.263. The van der Waals surface area contributed by atoms with Gasteiger partial charge < -0.3 is 20.3 Å². The highest BCUT2D eigenvalue weighted by atomic mass is 16.4. The van der Waals surface area contributed by atoms with E-state index in [1.807, 2.05) is 24.3 Å². The number of carbonyl (C=O) groups excluding carboxylic acids is 2. The zero-order valence-electron chi connectivity index (χ0n) is 13.2. The fourth-order valence-electron chi connectivity index (χ4n) is 2.53. The normalized spacial score (nSPS) is 13.0. The molecule has 0 fully saturated rings. The third-order valence-corrected chi connectivity index (χ3v) is 3.79. The minimum Gasteiger partial charge on any atom is -0.550 e. The second-order valence-corrected chi connectivity index (χ2v) is 5.62. The van der Waals surface area contributed by atoms with Crippen LogP contribution in [0.5, 0.6) is 0 Å². The monoisotopic (exact) mass is 326 g/mol. The van der Waals surface area contributed by atoms with Crippen LogP contribution in [0.2, 0.25) is 0 Å². The van der Waals surface area contributed by atoms with Crippen LogP contribution in [0.1, 0.15) is 36.0 Å². The van der Waals surface area contributed by atoms with Gasteiger partial charge in [0.25, 0.3) is 0 Å². The Morgan fingerprint density at radius 3 is 2.00 bits per heavy atom. The average molecular weight is 326 g/mol. The lowest BCUT2D eigenvalue weighted by Crippen LogP contribution is -2.31. The average Bonchev–Trinajstić information content (AvgIpc) is 2.60. The highest BCUT2D eigenvalue weighted by Gasteiger charge is 2.17. The van der Waals surface area contributed by atoms with Crippen molar-refractivity contribution in [1.29, 1.82) is 0 Å². The van der Waals surface area contributed by atoms with E-state index in [1.165, 1.54) is 0 Å². The highest BCUT2D eigenvalue weighted by Crippen LogP contribution is 2.23. The van der Waals surface area contributed by atoms with E-state index in [1.54, 1.807) is 36.4 Å². The number of carboxylic acids is 1. The Kier molecular flexibility index (Phi) is 6.51. The Morgan fingerprint density at radius 2 is 1.46 bits per heavy atom. The summed E-state index contributed by atoms with van der Waals surface area (Å²) < 4.78 is 0. The van der Waals surface area contributed by atoms with Crippen molar-refractivity contribution in [3.8, 4) is 0 Å². The number of benzene rings is 2. The van der Waals surface area contributed by atoms with Gasteiger partial charge in [-0.3, -0.25) is 4.79 Å². The molecular formula is C19H20NO4-. The zero-order valence-corrected chi connectivity index (χ0v) is 13.2. The van der Waals surface area contributed by atoms with Gasteiger partial charge in [0, 0.05) is 18.9 Å². The van der Waals surface area contributed by atoms with Gasteiger partial charge in [0.05, 0.1) is 6.10 Å². The Balaban J connectivity index is 1.92. The van der Waals surface area contributed by atoms with Crippen molar-refractivity contribution in [3.63, 3.8) is 0 Å². The van der Waals surface area contributed by atoms with Crippen LogP contribution in [0.15, 0.2) is 60.7 Å². The van der Waals surface area contributed by atoms with Crippen molar-refractivity contribution >= 4 is 11.9 Å². The lowest BCUT2D eigenvalue weighted by molar-refractivity contribution is -0.306. The Hall–Kier alpha value is -2.66. The van der Waals surface area contributed by atoms with Gasteiger partial charge >= 0.3 is 0 Å². The Morgan fingerprint density at radius 1 is 0.917 bits per heavy atom. The van der Waals surface area contributed by atoms with Gasteiger partial charge in [0.2, 0.25) is 5.91 Å². The van der Waals surface area contributed by atoms with E-state index in [-0.39, 0.29) is 25.3 Å². The number of aliphatic hydroxyl groups excluding tert-OH is 1. The summed E-state index contributed by atoms with van der Waals surface area (Å²) in [4.78, 5) is 23.0. The lowest BCUT2D eigenvalue weighted by Gasteiger charge is -2.18. The first-order chi connectivity index (χ1) is 11.6. The molecule has 24 heavy (non-hydrogen) atoms. The molecule has 2 aromatic rings. The van der Waals surface area contributed by atoms with Crippen molar-refractivity contribution in [2.75, 3.05) is 6.54 Å². The molecule has 5 nitrogen and oxygen atoms in total. The van der Waals surface area contributed by atoms with E-state index in [4.69, 9.17) is 0 Å². The molecule has 2 atom stereocenters. The lowest BCUT2D eigenvalue weighted by atomic mass is 9.92. The van der Waals surface area contributed by atoms with Gasteiger partial charge in [-0.2, -0.15) is 0 Å². The molecule has 0 bridgehead atoms. The van der Waals surface area contributed by atoms with E-state index in [0.717, 1.165) is 5.56 Å². The summed E-state index contributed by atoms with van der Waals surface area (Å²) in [6, 6.07) is 18.0. The summed E-state index contributed by atoms with van der Waals surface area (Å²) in [5, 5.41) is 23.6. The highest BCUT2D eigenvalue weighted by molar-refractivity contribution is 5.78. The summed E-state index contributed by atoms with van der Waals surface area (Å²) in [6.45, 7) is 0.0790. The number of rotatable bonds is 8. The van der Waals surface area contributed by atoms with Crippen LogP contribution in [-0.4, -0.2) is 23.5 Å². The topological polar surface area (TPSA) is 89.5 Å². The van der Waals surface area contributed by atoms with Crippen LogP contribution >= 0.6 is 0 Å². The van der Waals surface area contributed by atoms with E-state index in [9.17, 15) is 19.8 Å². The van der Waals surface area contributed by atoms with Crippen molar-refractivity contribution < 1.29 is 19.8 Å². The number of amides is 1. The number of carbonyl (C=O) groups is 2. The van der Waals surface area contributed by atoms with E-state index >= 15 is 0 Å². The third kappa shape index (κ3) is 5.52. The molecule has 0 saturated heterocycles. The molecule has 0 saturated carbocycles. The van der Waals surface area contributed by atoms with Crippen LogP contribution in [0, 0.1) is 0 Å². The van der Waals surface area contributed by atoms with Gasteiger partial charge in [-0.1, -0.05) is 60.7 Å². The molecule has 0 spiro atoms. The number of aliphatic carboxylic acids is 1. The summed E-state index contributed by atoms with van der Waals surface area (Å²) in [5.74, 6) is -1.95. The number of carboxylic acid groups (broad SMARTS) is 1. The molecule has 2 N–H and O–H groups in total. The molecule has 0 aliphatic rings. The number of nitrogens with one attached hydrogen (secondary N) is 1. The minimum absolute atomic E-state index is 0.0273. The zero-order chi connectivity index (χ0) is 17.4. The van der Waals surface area contributed by atoms with Crippen molar-refractivity contribution in [3.05, 3.63) is 71.8 Å². The van der Waals surface area contributed by atoms with Gasteiger partial charge in [-0.05, 0) is 23.5 Å². The second kappa shape index (κ2) is 8.84. The standard InChI is InChI=1S/C19H21NO4/c21-17(15-9-5-2-6-10-15)13-20-18(22)11-16(12-19(23)24)14-7-3-1-4-8-14/h1-10,16-17,21H,11-13H2,(H,20,22)(H,23,24)/p-1/t16-,17+/m1/s1. The number of hydrogen-bond donors (Lipinski definition) is 2. The molecule has 0 aromatic heterocycles. The summed E-state index contributed by atoms with van der Waals surface area (Å²) >= 11 is 0. The second-order valence-electron chi connectivity index (χ2n) is 5.62. The van der Waals surface area contributed by atoms with Crippen molar-refractivity contribution in [2.45, 2.75) is 24.9 Å². The quantitative estimate of drug-likeness (QED) is 0.761. The SMILES string of the molecule is O=C([O-])C[C@@H](CC(=O)NC[C@H](O)c1ccccc1)c1ccccc1. The molecule has 1 amide bonds. The van der Waals surface area contributed by atoms with Gasteiger partial charge in [-0.25, -0.2) is 0 Å². The molecule has 2 rings (SSSR count). The minimum atomic E-state index is -1.19.